The molecule has 0 atom stereocenters. The highest BCUT2D eigenvalue weighted by molar-refractivity contribution is 7.17. The molecule has 3 N–H and O–H groups in total. The summed E-state index contributed by atoms with van der Waals surface area (Å²) in [7, 11) is 0. The molecule has 0 amide bonds. The zero-order chi connectivity index (χ0) is 80.8. The molecular formula is C93H145N7O2S2. The number of thiophene rings is 1. The second-order valence-corrected chi connectivity index (χ2v) is 17.6. The van der Waals surface area contributed by atoms with Gasteiger partial charge in [-0.3, -0.25) is 5.10 Å². The minimum atomic E-state index is 0.845. The third kappa shape index (κ3) is 48.7. The maximum Gasteiger partial charge on any atom is 0.181 e. The summed E-state index contributed by atoms with van der Waals surface area (Å²) in [4.78, 5) is 18.3. The Morgan fingerprint density at radius 1 is 0.327 bits per heavy atom. The lowest BCUT2D eigenvalue weighted by molar-refractivity contribution is 0.602. The number of hydrogen-bond donors (Lipinski definition) is 3. The van der Waals surface area contributed by atoms with Gasteiger partial charge in [0.2, 0.25) is 0 Å². The topological polar surface area (TPSA) is 125 Å². The predicted molar refractivity (Wildman–Crippen MR) is 483 cm³/mol. The molecule has 0 aliphatic heterocycles. The van der Waals surface area contributed by atoms with Crippen LogP contribution in [0.15, 0.2) is 270 Å². The molecule has 1 aliphatic rings. The summed E-state index contributed by atoms with van der Waals surface area (Å²) < 4.78 is 12.8. The number of hydrogen-bond acceptors (Lipinski definition) is 8. The molecule has 0 radical (unpaired) electrons. The first-order valence-electron chi connectivity index (χ1n) is 39.2. The van der Waals surface area contributed by atoms with Gasteiger partial charge in [0.05, 0.1) is 51.1 Å². The van der Waals surface area contributed by atoms with E-state index < -0.39 is 0 Å². The van der Waals surface area contributed by atoms with E-state index in [9.17, 15) is 0 Å². The molecule has 0 fully saturated rings. The fourth-order valence-electron chi connectivity index (χ4n) is 7.37. The van der Waals surface area contributed by atoms with Gasteiger partial charge in [-0.25, -0.2) is 15.0 Å². The number of fused-ring (bicyclic) bond motifs is 8. The molecule has 11 heteroatoms. The molecule has 7 heterocycles. The highest BCUT2D eigenvalue weighted by Crippen LogP contribution is 2.20. The molecule has 0 saturated carbocycles. The summed E-state index contributed by atoms with van der Waals surface area (Å²) in [5.74, 6) is 0. The van der Waals surface area contributed by atoms with E-state index in [1.165, 1.54) is 43.2 Å². The van der Waals surface area contributed by atoms with E-state index in [0.29, 0.717) is 0 Å². The van der Waals surface area contributed by atoms with Gasteiger partial charge >= 0.3 is 0 Å². The van der Waals surface area contributed by atoms with Crippen molar-refractivity contribution in [2.45, 2.75) is 228 Å². The number of rotatable bonds is 0. The van der Waals surface area contributed by atoms with Crippen molar-refractivity contribution in [3.05, 3.63) is 272 Å². The van der Waals surface area contributed by atoms with Crippen molar-refractivity contribution in [1.29, 1.82) is 0 Å². The van der Waals surface area contributed by atoms with Crippen LogP contribution in [0, 0.1) is 0 Å². The number of H-pyrrole nitrogens is 3. The van der Waals surface area contributed by atoms with Gasteiger partial charge in [-0.1, -0.05) is 367 Å². The molecule has 0 bridgehead atoms. The Hall–Kier alpha value is -9.16. The van der Waals surface area contributed by atoms with Gasteiger partial charge in [0.25, 0.3) is 0 Å². The molecule has 0 spiro atoms. The first kappa shape index (κ1) is 111. The van der Waals surface area contributed by atoms with Gasteiger partial charge in [-0.05, 0) is 113 Å². The number of nitrogens with one attached hydrogen (secondary N) is 3. The standard InChI is InChI=1S/C9H8.C8H7N.C8H6O.C8H6S.2C7H6N2.C7H5NO.C7H5NS.16C2H6/c1-2-5-9-7-3-6-8(9)4-1;3*1-2-4-8-7(3-1)5-6-9-8;1-2-4-7-6(3-1)8-5-9-7;1-2-4-7-6(3-1)5-8-9-7;2*1-2-4-7-6(3-1)8-5-9-7;16*1-2/h1-6H,7H2;1-6,9H;2*1-6H;2*1-5H,(H,8,9);2*1-5H;16*1-2H3. The number of aromatic amines is 3. The monoisotopic (exact) mass is 1460 g/mol. The molecule has 576 valence electrons. The van der Waals surface area contributed by atoms with Crippen LogP contribution in [0.25, 0.3) is 81.3 Å². The molecule has 0 saturated heterocycles. The summed E-state index contributed by atoms with van der Waals surface area (Å²) in [6, 6.07) is 71.0. The summed E-state index contributed by atoms with van der Waals surface area (Å²) in [6.07, 6.45) is 14.1. The number of furan rings is 1. The van der Waals surface area contributed by atoms with E-state index in [1.807, 2.05) is 373 Å². The second-order valence-electron chi connectivity index (χ2n) is 15.8. The average Bonchev–Trinajstić information content (AvgIpc) is 1.86. The maximum absolute atomic E-state index is 5.12. The largest absolute Gasteiger partial charge is 0.464 e. The molecule has 104 heavy (non-hydrogen) atoms. The summed E-state index contributed by atoms with van der Waals surface area (Å²) in [6.45, 7) is 64.0. The van der Waals surface area contributed by atoms with Gasteiger partial charge in [0.15, 0.2) is 12.0 Å². The second kappa shape index (κ2) is 89.9. The van der Waals surface area contributed by atoms with Crippen LogP contribution in [0.4, 0.5) is 0 Å². The van der Waals surface area contributed by atoms with Crippen LogP contribution in [0.3, 0.4) is 0 Å². The van der Waals surface area contributed by atoms with Crippen LogP contribution in [-0.2, 0) is 6.42 Å². The zero-order valence-electron chi connectivity index (χ0n) is 71.0. The molecule has 7 aromatic heterocycles. The van der Waals surface area contributed by atoms with E-state index in [-0.39, 0.29) is 0 Å². The Kier molecular flexibility index (Phi) is 95.8. The number of benzene rings is 8. The SMILES string of the molecule is C1=Cc2ccccc2C1.CC.CC.CC.CC.CC.CC.CC.CC.CC.CC.CC.CC.CC.CC.CC.CC.c1ccc2[nH]ccc2c1.c1ccc2[nH]cnc2c1.c1ccc2[nH]ncc2c1.c1ccc2occc2c1.c1ccc2ocnc2c1.c1ccc2sccc2c1.c1ccc2scnc2c1. The first-order chi connectivity index (χ1) is 51.7. The van der Waals surface area contributed by atoms with Crippen molar-refractivity contribution in [1.82, 2.24) is 35.1 Å². The highest BCUT2D eigenvalue weighted by atomic mass is 32.1. The third-order valence-electron chi connectivity index (χ3n) is 11.0. The Morgan fingerprint density at radius 3 is 1.32 bits per heavy atom. The Balaban J connectivity index is -0.000000160. The average molecular weight is 1460 g/mol. The Labute approximate surface area is 643 Å². The summed E-state index contributed by atoms with van der Waals surface area (Å²) in [5, 5.41) is 13.8. The Morgan fingerprint density at radius 2 is 0.788 bits per heavy atom. The smallest absolute Gasteiger partial charge is 0.181 e. The van der Waals surface area contributed by atoms with Crippen molar-refractivity contribution < 1.29 is 8.83 Å². The molecule has 9 nitrogen and oxygen atoms in total. The van der Waals surface area contributed by atoms with E-state index >= 15 is 0 Å². The van der Waals surface area contributed by atoms with Crippen molar-refractivity contribution in [2.24, 2.45) is 0 Å². The minimum Gasteiger partial charge on any atom is -0.464 e. The number of aromatic nitrogens is 7. The van der Waals surface area contributed by atoms with E-state index in [1.54, 1.807) is 35.3 Å². The van der Waals surface area contributed by atoms with Crippen LogP contribution in [0.1, 0.15) is 233 Å². The maximum atomic E-state index is 5.12. The van der Waals surface area contributed by atoms with Crippen LogP contribution in [-0.4, -0.2) is 35.1 Å². The van der Waals surface area contributed by atoms with E-state index in [2.05, 4.69) is 132 Å². The number of oxazole rings is 1. The normalized spacial score (nSPS) is 8.31. The van der Waals surface area contributed by atoms with E-state index in [4.69, 9.17) is 8.83 Å². The van der Waals surface area contributed by atoms with Crippen molar-refractivity contribution in [3.63, 3.8) is 0 Å². The number of nitrogens with zero attached hydrogens (tertiary/aromatic N) is 4. The van der Waals surface area contributed by atoms with Gasteiger partial charge in [-0.15, -0.1) is 22.7 Å². The summed E-state index contributed by atoms with van der Waals surface area (Å²) in [5.41, 5.74) is 12.9. The van der Waals surface area contributed by atoms with Crippen molar-refractivity contribution >= 4 is 104 Å². The molecular weight excluding hydrogens is 1310 g/mol. The lowest BCUT2D eigenvalue weighted by atomic mass is 10.1. The lowest BCUT2D eigenvalue weighted by Crippen LogP contribution is -1.76. The van der Waals surface area contributed by atoms with Crippen LogP contribution >= 0.6 is 22.7 Å². The van der Waals surface area contributed by atoms with Gasteiger partial charge in [0.1, 0.15) is 11.1 Å². The molecule has 15 aromatic rings. The molecule has 1 aliphatic carbocycles. The van der Waals surface area contributed by atoms with Crippen LogP contribution in [0.5, 0.6) is 0 Å². The van der Waals surface area contributed by atoms with Crippen molar-refractivity contribution in [2.75, 3.05) is 0 Å². The fourth-order valence-corrected chi connectivity index (χ4v) is 8.84. The van der Waals surface area contributed by atoms with Gasteiger partial charge in [0, 0.05) is 27.2 Å². The molecule has 0 unspecified atom stereocenters. The first-order valence-corrected chi connectivity index (χ1v) is 40.9. The minimum absolute atomic E-state index is 0.845. The third-order valence-corrected chi connectivity index (χ3v) is 12.7. The molecule has 8 aromatic carbocycles. The summed E-state index contributed by atoms with van der Waals surface area (Å²) >= 11 is 3.46. The van der Waals surface area contributed by atoms with Gasteiger partial charge in [-0.2, -0.15) is 5.10 Å². The molecule has 16 rings (SSSR count). The number of allylic oxidation sites excluding steroid dienone is 1. The van der Waals surface area contributed by atoms with Crippen LogP contribution in [0.2, 0.25) is 0 Å². The Bertz CT molecular complexity index is 3130. The quantitative estimate of drug-likeness (QED) is 0.139. The fraction of sp³-hybridized carbons (Fsp3) is 0.355. The van der Waals surface area contributed by atoms with E-state index in [0.717, 1.165) is 55.9 Å². The zero-order valence-corrected chi connectivity index (χ0v) is 72.7. The number of para-hydroxylation sites is 8. The highest BCUT2D eigenvalue weighted by Gasteiger charge is 2.00. The van der Waals surface area contributed by atoms with Crippen molar-refractivity contribution in [3.8, 4) is 0 Å². The predicted octanol–water partition coefficient (Wildman–Crippen LogP) is 33.4. The number of thiazole rings is 1. The number of imidazole rings is 1. The van der Waals surface area contributed by atoms with Gasteiger partial charge < -0.3 is 18.8 Å². The van der Waals surface area contributed by atoms with Crippen LogP contribution < -0.4 is 0 Å². The lowest BCUT2D eigenvalue weighted by Gasteiger charge is -1.93.